The maximum absolute atomic E-state index is 14.5. The molecule has 526 valence electrons. The number of carbonyl (C=O) groups is 8. The first-order chi connectivity index (χ1) is 42.2. The standard InChI is InChI=1S/C36H60O9Si2.C35H58O9Si2/c1-14-34(5,30(39)44-32(46(8,9)10)47(11,12)13)21-35(6,20-33(3,4)29(38)45-36(7)15-16-41-22(2)19-36)31(40)43-26-23-17-24-25(18-23)28(37)42-27(24)26;1-14-33(5,29(38)42-31(45(8,9)10)46(11,12)13)20-34(6,19-32(3,4)28(37)44-35(7)16-15-21(2)43-35)30(39)41-25-22-17-23-24(18-22)27(36)40-26(23)25/h23-27,32H,2,14-21H2,1,3-13H3;22-26,31H,2,14-20H2,1,3-13H3. The summed E-state index contributed by atoms with van der Waals surface area (Å²) in [6.07, 6.45) is 4.29. The van der Waals surface area contributed by atoms with Gasteiger partial charge in [-0.15, -0.1) is 0 Å². The Labute approximate surface area is 560 Å². The van der Waals surface area contributed by atoms with Gasteiger partial charge in [0.2, 0.25) is 0 Å². The van der Waals surface area contributed by atoms with Gasteiger partial charge in [-0.1, -0.05) is 106 Å². The highest BCUT2D eigenvalue weighted by atomic mass is 28.4. The molecule has 0 aromatic heterocycles. The third kappa shape index (κ3) is 16.3. The summed E-state index contributed by atoms with van der Waals surface area (Å²) in [6.45, 7) is 56.8. The molecule has 4 aliphatic carbocycles. The van der Waals surface area contributed by atoms with Gasteiger partial charge in [0.1, 0.15) is 30.0 Å². The molecule has 0 N–H and O–H groups in total. The van der Waals surface area contributed by atoms with Crippen LogP contribution in [0.4, 0.5) is 0 Å². The van der Waals surface area contributed by atoms with E-state index in [1.165, 1.54) is 0 Å². The van der Waals surface area contributed by atoms with Crippen LogP contribution < -0.4 is 0 Å². The molecule has 16 atom stereocenters. The highest BCUT2D eigenvalue weighted by Gasteiger charge is 2.66. The quantitative estimate of drug-likeness (QED) is 0.0445. The summed E-state index contributed by atoms with van der Waals surface area (Å²) in [6, 6.07) is 0. The molecule has 0 aromatic carbocycles. The number of esters is 8. The number of allylic oxidation sites excluding steroid dienone is 1. The number of hydrogen-bond acceptors (Lipinski definition) is 18. The van der Waals surface area contributed by atoms with Gasteiger partial charge in [-0.25, -0.2) is 0 Å². The van der Waals surface area contributed by atoms with Crippen molar-refractivity contribution in [3.8, 4) is 0 Å². The van der Waals surface area contributed by atoms with E-state index in [9.17, 15) is 38.4 Å². The molecule has 4 saturated heterocycles. The van der Waals surface area contributed by atoms with E-state index < -0.39 is 124 Å². The topological polar surface area (TPSA) is 229 Å². The van der Waals surface area contributed by atoms with Gasteiger partial charge < -0.3 is 47.4 Å². The molecule has 4 saturated carbocycles. The van der Waals surface area contributed by atoms with E-state index >= 15 is 0 Å². The molecular formula is C71H118O18Si4. The monoisotopic (exact) mass is 1370 g/mol. The van der Waals surface area contributed by atoms with Crippen molar-refractivity contribution in [3.05, 3.63) is 24.7 Å². The lowest BCUT2D eigenvalue weighted by Crippen LogP contribution is -2.57. The fourth-order valence-electron chi connectivity index (χ4n) is 18.0. The second kappa shape index (κ2) is 26.2. The number of fused-ring (bicyclic) bond motifs is 2. The van der Waals surface area contributed by atoms with Crippen LogP contribution in [0.3, 0.4) is 0 Å². The smallest absolute Gasteiger partial charge is 0.314 e. The molecule has 0 radical (unpaired) electrons. The molecule has 4 aliphatic heterocycles. The van der Waals surface area contributed by atoms with Crippen molar-refractivity contribution in [1.29, 1.82) is 0 Å². The van der Waals surface area contributed by atoms with Crippen molar-refractivity contribution in [1.82, 2.24) is 0 Å². The van der Waals surface area contributed by atoms with E-state index in [0.29, 0.717) is 69.5 Å². The molecule has 22 heteroatoms. The van der Waals surface area contributed by atoms with Crippen LogP contribution in [0.2, 0.25) is 78.6 Å². The summed E-state index contributed by atoms with van der Waals surface area (Å²) >= 11 is 0. The first kappa shape index (κ1) is 76.1. The fraction of sp³-hybridized carbons (Fsp3) is 0.831. The summed E-state index contributed by atoms with van der Waals surface area (Å²) < 4.78 is 60.2. The minimum atomic E-state index is -1.88. The van der Waals surface area contributed by atoms with Crippen LogP contribution >= 0.6 is 0 Å². The van der Waals surface area contributed by atoms with Crippen molar-refractivity contribution in [3.63, 3.8) is 0 Å². The van der Waals surface area contributed by atoms with Gasteiger partial charge >= 0.3 is 47.8 Å². The molecule has 4 heterocycles. The van der Waals surface area contributed by atoms with E-state index in [1.54, 1.807) is 48.5 Å². The van der Waals surface area contributed by atoms with E-state index in [2.05, 4.69) is 91.7 Å². The van der Waals surface area contributed by atoms with Gasteiger partial charge in [0.15, 0.2) is 0 Å². The van der Waals surface area contributed by atoms with Gasteiger partial charge in [0.25, 0.3) is 5.79 Å². The minimum absolute atomic E-state index is 0.0574. The normalized spacial score (nSPS) is 31.5. The predicted octanol–water partition coefficient (Wildman–Crippen LogP) is 14.0. The van der Waals surface area contributed by atoms with Crippen LogP contribution in [0.15, 0.2) is 24.7 Å². The highest BCUT2D eigenvalue weighted by molar-refractivity contribution is 6.96. The van der Waals surface area contributed by atoms with Crippen molar-refractivity contribution in [2.24, 2.45) is 68.0 Å². The Balaban J connectivity index is 0.000000264. The average molecular weight is 1370 g/mol. The Kier molecular flexibility index (Phi) is 21.4. The van der Waals surface area contributed by atoms with E-state index in [1.807, 2.05) is 34.6 Å². The minimum Gasteiger partial charge on any atom is -0.498 e. The van der Waals surface area contributed by atoms with Crippen molar-refractivity contribution >= 4 is 80.0 Å². The Morgan fingerprint density at radius 2 is 0.892 bits per heavy atom. The third-order valence-electron chi connectivity index (χ3n) is 22.1. The zero-order valence-electron chi connectivity index (χ0n) is 61.3. The molecule has 8 fully saturated rings. The summed E-state index contributed by atoms with van der Waals surface area (Å²) in [5.74, 6) is -2.87. The number of ether oxygens (including phenoxy) is 10. The Hall–Kier alpha value is -4.29. The fourth-order valence-corrected chi connectivity index (χ4v) is 40.6. The van der Waals surface area contributed by atoms with Gasteiger partial charge in [0.05, 0.1) is 105 Å². The molecule has 4 bridgehead atoms. The average Bonchev–Trinajstić information content (AvgIpc) is 1.60. The molecular weight excluding hydrogens is 1250 g/mol. The van der Waals surface area contributed by atoms with Crippen LogP contribution in [0, 0.1) is 68.0 Å². The largest absolute Gasteiger partial charge is 0.498 e. The van der Waals surface area contributed by atoms with Crippen molar-refractivity contribution in [2.75, 3.05) is 6.61 Å². The maximum Gasteiger partial charge on any atom is 0.314 e. The molecule has 93 heavy (non-hydrogen) atoms. The van der Waals surface area contributed by atoms with Gasteiger partial charge in [-0.2, -0.15) is 0 Å². The summed E-state index contributed by atoms with van der Waals surface area (Å²) in [5, 5.41) is -0.212. The summed E-state index contributed by atoms with van der Waals surface area (Å²) in [5.41, 5.74) is -7.58. The van der Waals surface area contributed by atoms with Crippen LogP contribution in [-0.2, 0) is 85.7 Å². The van der Waals surface area contributed by atoms with E-state index in [0.717, 1.165) is 12.8 Å². The van der Waals surface area contributed by atoms with Crippen LogP contribution in [-0.4, -0.2) is 133 Å². The SMILES string of the molecule is C=C1CC(C)(OC(=O)C(C)(C)CC(C)(CC(C)(CC)C(=O)OC([Si](C)(C)C)[Si](C)(C)C)C(=O)OC2C3CC4C(=O)OC2C4C3)CCO1.C=C1CCC(C)(OC(=O)C(C)(C)CC(C)(CC(C)(CC)C(=O)OC([Si](C)(C)C)[Si](C)(C)C)C(=O)OC2C3CC4C(=O)OC2C4C3)O1. The molecule has 0 spiro atoms. The molecule has 18 nitrogen and oxygen atoms in total. The maximum atomic E-state index is 14.5. The van der Waals surface area contributed by atoms with Crippen molar-refractivity contribution in [2.45, 2.75) is 298 Å². The Morgan fingerprint density at radius 1 is 0.516 bits per heavy atom. The molecule has 8 aliphatic rings. The number of rotatable bonds is 26. The predicted molar refractivity (Wildman–Crippen MR) is 364 cm³/mol. The lowest BCUT2D eigenvalue weighted by molar-refractivity contribution is -0.209. The van der Waals surface area contributed by atoms with Crippen LogP contribution in [0.1, 0.15) is 173 Å². The van der Waals surface area contributed by atoms with Crippen LogP contribution in [0.25, 0.3) is 0 Å². The lowest BCUT2D eigenvalue weighted by Gasteiger charge is -2.44. The van der Waals surface area contributed by atoms with Crippen molar-refractivity contribution < 1.29 is 85.7 Å². The second-order valence-corrected chi connectivity index (χ2v) is 59.0. The summed E-state index contributed by atoms with van der Waals surface area (Å²) in [7, 11) is -7.52. The van der Waals surface area contributed by atoms with E-state index in [-0.39, 0.29) is 95.8 Å². The zero-order valence-corrected chi connectivity index (χ0v) is 65.3. The Bertz CT molecular complexity index is 2910. The summed E-state index contributed by atoms with van der Waals surface area (Å²) in [4.78, 5) is 110. The molecule has 16 unspecified atom stereocenters. The Morgan fingerprint density at radius 3 is 1.23 bits per heavy atom. The first-order valence-electron chi connectivity index (χ1n) is 34.6. The second-order valence-electron chi connectivity index (χ2n) is 36.8. The highest BCUT2D eigenvalue weighted by Crippen LogP contribution is 2.59. The number of carbonyl (C=O) groups excluding carboxylic acids is 8. The number of hydrogen-bond donors (Lipinski definition) is 0. The third-order valence-corrected chi connectivity index (χ3v) is 39.3. The van der Waals surface area contributed by atoms with E-state index in [4.69, 9.17) is 47.4 Å². The molecule has 8 rings (SSSR count). The molecule has 0 amide bonds. The van der Waals surface area contributed by atoms with Crippen LogP contribution in [0.5, 0.6) is 0 Å². The van der Waals surface area contributed by atoms with Gasteiger partial charge in [-0.05, 0) is 127 Å². The lowest BCUT2D eigenvalue weighted by atomic mass is 9.65. The first-order valence-corrected chi connectivity index (χ1v) is 48.9. The zero-order chi connectivity index (χ0) is 70.4. The van der Waals surface area contributed by atoms with Gasteiger partial charge in [-0.3, -0.25) is 38.4 Å². The van der Waals surface area contributed by atoms with Gasteiger partial charge in [0, 0.05) is 56.3 Å². The molecule has 0 aromatic rings.